The van der Waals surface area contributed by atoms with Crippen molar-refractivity contribution in [2.24, 2.45) is 5.92 Å². The van der Waals surface area contributed by atoms with Gasteiger partial charge in [0.05, 0.1) is 6.54 Å². The van der Waals surface area contributed by atoms with Crippen molar-refractivity contribution in [2.75, 3.05) is 0 Å². The maximum Gasteiger partial charge on any atom is 0.120 e. The van der Waals surface area contributed by atoms with Crippen molar-refractivity contribution in [2.45, 2.75) is 58.0 Å². The van der Waals surface area contributed by atoms with Crippen LogP contribution in [0.2, 0.25) is 0 Å². The molecule has 3 nitrogen and oxygen atoms in total. The van der Waals surface area contributed by atoms with Gasteiger partial charge in [-0.25, -0.2) is 4.98 Å². The summed E-state index contributed by atoms with van der Waals surface area (Å²) in [6.07, 6.45) is 12.0. The molecule has 1 heterocycles. The van der Waals surface area contributed by atoms with Crippen LogP contribution in [0.5, 0.6) is 0 Å². The molecule has 0 atom stereocenters. The van der Waals surface area contributed by atoms with Crippen LogP contribution in [-0.2, 0) is 6.54 Å². The summed E-state index contributed by atoms with van der Waals surface area (Å²) < 4.78 is 0. The standard InChI is InChI=1S/C13H23N3/c1-2-3-11-4-6-12(7-5-11)16-10-13-14-8-9-15-13/h8-9,11-12,16H,2-7,10H2,1H3,(H,14,15). The van der Waals surface area contributed by atoms with Gasteiger partial charge in [0.15, 0.2) is 0 Å². The molecule has 1 aromatic heterocycles. The molecule has 0 amide bonds. The van der Waals surface area contributed by atoms with Gasteiger partial charge in [0.1, 0.15) is 5.82 Å². The Labute approximate surface area is 98.1 Å². The van der Waals surface area contributed by atoms with E-state index in [0.717, 1.165) is 18.3 Å². The van der Waals surface area contributed by atoms with Crippen molar-refractivity contribution in [1.82, 2.24) is 15.3 Å². The summed E-state index contributed by atoms with van der Waals surface area (Å²) in [6, 6.07) is 0.707. The van der Waals surface area contributed by atoms with E-state index < -0.39 is 0 Å². The average molecular weight is 221 g/mol. The van der Waals surface area contributed by atoms with Gasteiger partial charge in [-0.05, 0) is 31.6 Å². The number of H-pyrrole nitrogens is 1. The minimum atomic E-state index is 0.707. The molecule has 1 saturated carbocycles. The van der Waals surface area contributed by atoms with E-state index in [1.165, 1.54) is 38.5 Å². The Balaban J connectivity index is 1.65. The lowest BCUT2D eigenvalue weighted by molar-refractivity contribution is 0.276. The van der Waals surface area contributed by atoms with Gasteiger partial charge in [0.2, 0.25) is 0 Å². The van der Waals surface area contributed by atoms with Crippen molar-refractivity contribution in [3.63, 3.8) is 0 Å². The highest BCUT2D eigenvalue weighted by Crippen LogP contribution is 2.27. The first kappa shape index (κ1) is 11.6. The van der Waals surface area contributed by atoms with Crippen molar-refractivity contribution >= 4 is 0 Å². The Morgan fingerprint density at radius 2 is 2.19 bits per heavy atom. The van der Waals surface area contributed by atoms with Gasteiger partial charge >= 0.3 is 0 Å². The maximum atomic E-state index is 4.23. The van der Waals surface area contributed by atoms with Crippen LogP contribution in [0.15, 0.2) is 12.4 Å². The minimum Gasteiger partial charge on any atom is -0.348 e. The van der Waals surface area contributed by atoms with E-state index in [1.54, 1.807) is 0 Å². The summed E-state index contributed by atoms with van der Waals surface area (Å²) >= 11 is 0. The third-order valence-corrected chi connectivity index (χ3v) is 3.66. The molecule has 1 fully saturated rings. The molecule has 0 aliphatic heterocycles. The second-order valence-corrected chi connectivity index (χ2v) is 4.92. The zero-order valence-electron chi connectivity index (χ0n) is 10.2. The first-order valence-corrected chi connectivity index (χ1v) is 6.60. The Bertz CT molecular complexity index is 273. The SMILES string of the molecule is CCCC1CCC(NCc2ncc[nH]2)CC1. The van der Waals surface area contributed by atoms with E-state index in [4.69, 9.17) is 0 Å². The quantitative estimate of drug-likeness (QED) is 0.802. The molecule has 0 spiro atoms. The number of aromatic amines is 1. The number of aromatic nitrogens is 2. The van der Waals surface area contributed by atoms with E-state index in [0.29, 0.717) is 6.04 Å². The highest BCUT2D eigenvalue weighted by atomic mass is 15.0. The molecule has 3 heteroatoms. The number of hydrogen-bond donors (Lipinski definition) is 2. The molecule has 1 aliphatic carbocycles. The zero-order chi connectivity index (χ0) is 11.2. The predicted molar refractivity (Wildman–Crippen MR) is 66.1 cm³/mol. The van der Waals surface area contributed by atoms with E-state index >= 15 is 0 Å². The van der Waals surface area contributed by atoms with Crippen LogP contribution in [0, 0.1) is 5.92 Å². The molecular formula is C13H23N3. The van der Waals surface area contributed by atoms with Gasteiger partial charge in [-0.3, -0.25) is 0 Å². The largest absolute Gasteiger partial charge is 0.348 e. The van der Waals surface area contributed by atoms with Crippen molar-refractivity contribution in [3.05, 3.63) is 18.2 Å². The third-order valence-electron chi connectivity index (χ3n) is 3.66. The summed E-state index contributed by atoms with van der Waals surface area (Å²) in [6.45, 7) is 3.18. The highest BCUT2D eigenvalue weighted by molar-refractivity contribution is 4.87. The molecule has 1 aromatic rings. The fraction of sp³-hybridized carbons (Fsp3) is 0.769. The number of imidazole rings is 1. The average Bonchev–Trinajstić information content (AvgIpc) is 2.82. The summed E-state index contributed by atoms with van der Waals surface area (Å²) in [5.74, 6) is 2.04. The van der Waals surface area contributed by atoms with Crippen LogP contribution in [-0.4, -0.2) is 16.0 Å². The minimum absolute atomic E-state index is 0.707. The van der Waals surface area contributed by atoms with Gasteiger partial charge in [-0.1, -0.05) is 19.8 Å². The molecule has 1 aliphatic rings. The summed E-state index contributed by atoms with van der Waals surface area (Å²) in [7, 11) is 0. The van der Waals surface area contributed by atoms with Gasteiger partial charge in [0.25, 0.3) is 0 Å². The zero-order valence-corrected chi connectivity index (χ0v) is 10.2. The van der Waals surface area contributed by atoms with E-state index in [-0.39, 0.29) is 0 Å². The second-order valence-electron chi connectivity index (χ2n) is 4.92. The van der Waals surface area contributed by atoms with Crippen molar-refractivity contribution < 1.29 is 0 Å². The smallest absolute Gasteiger partial charge is 0.120 e. The number of nitrogens with zero attached hydrogens (tertiary/aromatic N) is 1. The first-order valence-electron chi connectivity index (χ1n) is 6.60. The van der Waals surface area contributed by atoms with Crippen molar-refractivity contribution in [3.8, 4) is 0 Å². The Hall–Kier alpha value is -0.830. The van der Waals surface area contributed by atoms with E-state index in [9.17, 15) is 0 Å². The van der Waals surface area contributed by atoms with Gasteiger partial charge in [-0.15, -0.1) is 0 Å². The fourth-order valence-electron chi connectivity index (χ4n) is 2.70. The van der Waals surface area contributed by atoms with Crippen LogP contribution < -0.4 is 5.32 Å². The third kappa shape index (κ3) is 3.34. The van der Waals surface area contributed by atoms with E-state index in [1.807, 2.05) is 12.4 Å². The molecule has 2 rings (SSSR count). The van der Waals surface area contributed by atoms with Crippen LogP contribution in [0.3, 0.4) is 0 Å². The molecule has 2 N–H and O–H groups in total. The lowest BCUT2D eigenvalue weighted by atomic mass is 9.83. The van der Waals surface area contributed by atoms with Crippen molar-refractivity contribution in [1.29, 1.82) is 0 Å². The van der Waals surface area contributed by atoms with Gasteiger partial charge in [0, 0.05) is 18.4 Å². The Morgan fingerprint density at radius 1 is 1.38 bits per heavy atom. The molecule has 16 heavy (non-hydrogen) atoms. The molecule has 0 bridgehead atoms. The maximum absolute atomic E-state index is 4.23. The topological polar surface area (TPSA) is 40.7 Å². The molecule has 0 aromatic carbocycles. The highest BCUT2D eigenvalue weighted by Gasteiger charge is 2.19. The first-order chi connectivity index (χ1) is 7.88. The number of hydrogen-bond acceptors (Lipinski definition) is 2. The van der Waals surface area contributed by atoms with Crippen LogP contribution in [0.25, 0.3) is 0 Å². The predicted octanol–water partition coefficient (Wildman–Crippen LogP) is 2.86. The Kier molecular flexibility index (Phi) is 4.40. The van der Waals surface area contributed by atoms with Crippen LogP contribution >= 0.6 is 0 Å². The van der Waals surface area contributed by atoms with Crippen LogP contribution in [0.1, 0.15) is 51.3 Å². The molecule has 0 saturated heterocycles. The normalized spacial score (nSPS) is 25.8. The molecule has 0 unspecified atom stereocenters. The number of nitrogens with one attached hydrogen (secondary N) is 2. The molecule has 90 valence electrons. The fourth-order valence-corrected chi connectivity index (χ4v) is 2.70. The monoisotopic (exact) mass is 221 g/mol. The molecular weight excluding hydrogens is 198 g/mol. The lowest BCUT2D eigenvalue weighted by Crippen LogP contribution is -2.33. The number of rotatable bonds is 5. The summed E-state index contributed by atoms with van der Waals surface area (Å²) in [4.78, 5) is 7.36. The summed E-state index contributed by atoms with van der Waals surface area (Å²) in [5.41, 5.74) is 0. The lowest BCUT2D eigenvalue weighted by Gasteiger charge is -2.28. The van der Waals surface area contributed by atoms with Crippen LogP contribution in [0.4, 0.5) is 0 Å². The van der Waals surface area contributed by atoms with Gasteiger partial charge < -0.3 is 10.3 Å². The Morgan fingerprint density at radius 3 is 2.81 bits per heavy atom. The van der Waals surface area contributed by atoms with Gasteiger partial charge in [-0.2, -0.15) is 0 Å². The van der Waals surface area contributed by atoms with E-state index in [2.05, 4.69) is 22.2 Å². The molecule has 0 radical (unpaired) electrons. The summed E-state index contributed by atoms with van der Waals surface area (Å²) in [5, 5.41) is 3.59. The second kappa shape index (κ2) is 6.04.